The lowest BCUT2D eigenvalue weighted by Gasteiger charge is -2.46. The number of amides is 3. The van der Waals surface area contributed by atoms with Crippen LogP contribution in [0, 0.1) is 0 Å². The zero-order valence-corrected chi connectivity index (χ0v) is 19.5. The third-order valence-corrected chi connectivity index (χ3v) is 7.06. The summed E-state index contributed by atoms with van der Waals surface area (Å²) in [4.78, 5) is 46.8. The average molecular weight is 541 g/mol. The van der Waals surface area contributed by atoms with Crippen molar-refractivity contribution in [2.24, 2.45) is 16.5 Å². The molecular formula is C21H24F3N8O6+. The minimum absolute atomic E-state index is 0.0496. The van der Waals surface area contributed by atoms with Gasteiger partial charge < -0.3 is 26.0 Å². The van der Waals surface area contributed by atoms with Gasteiger partial charge in [-0.25, -0.2) is 10.3 Å². The van der Waals surface area contributed by atoms with Crippen molar-refractivity contribution in [3.8, 4) is 5.75 Å². The summed E-state index contributed by atoms with van der Waals surface area (Å²) in [7, 11) is 0. The summed E-state index contributed by atoms with van der Waals surface area (Å²) in [5, 5.41) is 28.1. The van der Waals surface area contributed by atoms with Crippen LogP contribution in [0.5, 0.6) is 5.75 Å². The second-order valence-electron chi connectivity index (χ2n) is 9.31. The first kappa shape index (κ1) is 25.5. The normalized spacial score (nSPS) is 29.9. The van der Waals surface area contributed by atoms with Gasteiger partial charge in [-0.05, 0) is 24.3 Å². The number of ether oxygens (including phenoxy) is 1. The Balaban J connectivity index is 1.39. The highest BCUT2D eigenvalue weighted by Gasteiger charge is 2.76. The molecule has 2 saturated heterocycles. The summed E-state index contributed by atoms with van der Waals surface area (Å²) in [6, 6.07) is 0.696. The van der Waals surface area contributed by atoms with Crippen molar-refractivity contribution in [3.63, 3.8) is 0 Å². The summed E-state index contributed by atoms with van der Waals surface area (Å²) in [5.41, 5.74) is 10.2. The van der Waals surface area contributed by atoms with Crippen LogP contribution in [-0.2, 0) is 9.59 Å². The van der Waals surface area contributed by atoms with Crippen LogP contribution >= 0.6 is 0 Å². The number of hydrogen-bond donors (Lipinski definition) is 7. The molecule has 4 aliphatic heterocycles. The van der Waals surface area contributed by atoms with E-state index in [0.717, 1.165) is 29.2 Å². The SMILES string of the molecule is NC1=N[C@@H](CN2C(=O)CCC2=O)[C@@H]2[NH+]=C(N)N[C@]23N1C[C@H](NC(=O)c1ccc(OC(F)(F)F)cc1)C3(O)O. The van der Waals surface area contributed by atoms with Crippen LogP contribution in [0.15, 0.2) is 29.3 Å². The highest BCUT2D eigenvalue weighted by Crippen LogP contribution is 2.41. The molecule has 1 aromatic rings. The molecule has 4 heterocycles. The third kappa shape index (κ3) is 3.94. The third-order valence-electron chi connectivity index (χ3n) is 7.06. The number of nitrogens with two attached hydrogens (primary N) is 2. The Bertz CT molecular complexity index is 1240. The van der Waals surface area contributed by atoms with E-state index in [4.69, 9.17) is 11.5 Å². The molecule has 0 bridgehead atoms. The van der Waals surface area contributed by atoms with Gasteiger partial charge in [-0.2, -0.15) is 0 Å². The van der Waals surface area contributed by atoms with Gasteiger partial charge in [0.05, 0.1) is 13.1 Å². The first-order valence-electron chi connectivity index (χ1n) is 11.5. The number of alkyl halides is 3. The van der Waals surface area contributed by atoms with Gasteiger partial charge in [0, 0.05) is 18.4 Å². The number of nitrogens with zero attached hydrogens (tertiary/aromatic N) is 3. The minimum atomic E-state index is -4.91. The standard InChI is InChI=1S/C21H23F3N8O6/c22-21(23,24)38-10-3-1-9(2-4-10)16(35)28-12-8-32-18(26)27-11(7-31-13(33)5-6-14(31)34)15-19(32,20(12,36)37)30-17(25)29-15/h1-4,11-12,15,36-37H,5-8H2,(H2,26,27)(H,28,35)(H3,25,29,30)/p+1/t11-,12-,15-,19-/m0/s1. The first-order valence-corrected chi connectivity index (χ1v) is 11.5. The number of hydrogen-bond acceptors (Lipinski definition) is 11. The monoisotopic (exact) mass is 541 g/mol. The van der Waals surface area contributed by atoms with Gasteiger partial charge in [-0.3, -0.25) is 34.9 Å². The van der Waals surface area contributed by atoms with Crippen molar-refractivity contribution >= 4 is 29.6 Å². The van der Waals surface area contributed by atoms with Gasteiger partial charge >= 0.3 is 12.3 Å². The Morgan fingerprint density at radius 3 is 2.45 bits per heavy atom. The van der Waals surface area contributed by atoms with Crippen molar-refractivity contribution in [2.75, 3.05) is 13.1 Å². The molecule has 0 aliphatic carbocycles. The van der Waals surface area contributed by atoms with Gasteiger partial charge in [0.2, 0.25) is 17.6 Å². The van der Waals surface area contributed by atoms with E-state index in [0.29, 0.717) is 0 Å². The fraction of sp³-hybridized carbons (Fsp3) is 0.476. The fourth-order valence-electron chi connectivity index (χ4n) is 5.38. The van der Waals surface area contributed by atoms with Crippen LogP contribution < -0.4 is 31.8 Å². The van der Waals surface area contributed by atoms with Gasteiger partial charge in [0.25, 0.3) is 11.6 Å². The minimum Gasteiger partial charge on any atom is -0.406 e. The molecule has 0 aromatic heterocycles. The number of benzene rings is 1. The summed E-state index contributed by atoms with van der Waals surface area (Å²) >= 11 is 0. The highest BCUT2D eigenvalue weighted by atomic mass is 19.4. The smallest absolute Gasteiger partial charge is 0.406 e. The van der Waals surface area contributed by atoms with Crippen LogP contribution in [0.1, 0.15) is 23.2 Å². The van der Waals surface area contributed by atoms with E-state index in [9.17, 15) is 37.8 Å². The first-order chi connectivity index (χ1) is 17.7. The number of guanidine groups is 2. The van der Waals surface area contributed by atoms with Crippen LogP contribution in [-0.4, -0.2) is 98.7 Å². The number of nitrogens with one attached hydrogen (secondary N) is 3. The number of halogens is 3. The van der Waals surface area contributed by atoms with Gasteiger partial charge in [0.15, 0.2) is 12.0 Å². The Morgan fingerprint density at radius 1 is 1.21 bits per heavy atom. The molecule has 14 nitrogen and oxygen atoms in total. The summed E-state index contributed by atoms with van der Waals surface area (Å²) in [5.74, 6) is -5.13. The lowest BCUT2D eigenvalue weighted by Crippen LogP contribution is -2.90. The van der Waals surface area contributed by atoms with Crippen molar-refractivity contribution < 1.29 is 47.5 Å². The molecule has 0 unspecified atom stereocenters. The molecule has 1 aromatic carbocycles. The van der Waals surface area contributed by atoms with E-state index in [1.54, 1.807) is 0 Å². The molecular weight excluding hydrogens is 517 g/mol. The van der Waals surface area contributed by atoms with E-state index in [1.807, 2.05) is 0 Å². The second kappa shape index (κ2) is 8.45. The molecule has 5 rings (SSSR count). The van der Waals surface area contributed by atoms with Crippen molar-refractivity contribution in [1.29, 1.82) is 0 Å². The Kier molecular flexibility index (Phi) is 5.68. The van der Waals surface area contributed by atoms with Crippen LogP contribution in [0.3, 0.4) is 0 Å². The lowest BCUT2D eigenvalue weighted by molar-refractivity contribution is -0.521. The topological polar surface area (TPSA) is 210 Å². The summed E-state index contributed by atoms with van der Waals surface area (Å²) in [6.07, 6.45) is -4.81. The maximum Gasteiger partial charge on any atom is 0.573 e. The molecule has 17 heteroatoms. The highest BCUT2D eigenvalue weighted by molar-refractivity contribution is 6.02. The van der Waals surface area contributed by atoms with Crippen molar-refractivity contribution in [2.45, 2.75) is 48.8 Å². The molecule has 4 atom stereocenters. The number of carbonyl (C=O) groups is 3. The van der Waals surface area contributed by atoms with Crippen LogP contribution in [0.25, 0.3) is 0 Å². The number of rotatable bonds is 5. The number of likely N-dealkylation sites (tertiary alicyclic amines) is 1. The van der Waals surface area contributed by atoms with E-state index >= 15 is 0 Å². The van der Waals surface area contributed by atoms with Gasteiger partial charge in [0.1, 0.15) is 17.8 Å². The summed E-state index contributed by atoms with van der Waals surface area (Å²) < 4.78 is 41.0. The van der Waals surface area contributed by atoms with Gasteiger partial charge in [-0.15, -0.1) is 13.2 Å². The quantitative estimate of drug-likeness (QED) is 0.141. The molecule has 38 heavy (non-hydrogen) atoms. The molecule has 1 spiro atoms. The zero-order valence-electron chi connectivity index (χ0n) is 19.5. The Hall–Kier alpha value is -4.12. The molecule has 2 fully saturated rings. The van der Waals surface area contributed by atoms with Crippen molar-refractivity contribution in [3.05, 3.63) is 29.8 Å². The molecule has 9 N–H and O–H groups in total. The predicted octanol–water partition coefficient (Wildman–Crippen LogP) is -4.41. The van der Waals surface area contributed by atoms with E-state index in [-0.39, 0.29) is 43.4 Å². The Labute approximate surface area is 212 Å². The second-order valence-corrected chi connectivity index (χ2v) is 9.31. The predicted molar refractivity (Wildman–Crippen MR) is 119 cm³/mol. The maximum absolute atomic E-state index is 12.9. The largest absolute Gasteiger partial charge is 0.573 e. The number of imide groups is 1. The zero-order chi connectivity index (χ0) is 27.6. The van der Waals surface area contributed by atoms with Crippen LogP contribution in [0.4, 0.5) is 13.2 Å². The molecule has 0 radical (unpaired) electrons. The van der Waals surface area contributed by atoms with E-state index in [1.165, 1.54) is 4.90 Å². The van der Waals surface area contributed by atoms with Crippen molar-refractivity contribution in [1.82, 2.24) is 20.4 Å². The van der Waals surface area contributed by atoms with Gasteiger partial charge in [-0.1, -0.05) is 0 Å². The number of aliphatic hydroxyl groups is 2. The molecule has 3 amide bonds. The maximum atomic E-state index is 12.9. The summed E-state index contributed by atoms with van der Waals surface area (Å²) in [6.45, 7) is -0.448. The molecule has 204 valence electrons. The average Bonchev–Trinajstić information content (AvgIpc) is 3.41. The molecule has 4 aliphatic rings. The lowest BCUT2D eigenvalue weighted by atomic mass is 9.84. The van der Waals surface area contributed by atoms with Crippen LogP contribution in [0.2, 0.25) is 0 Å². The Morgan fingerprint density at radius 2 is 1.84 bits per heavy atom. The van der Waals surface area contributed by atoms with E-state index in [2.05, 4.69) is 25.4 Å². The molecule has 0 saturated carbocycles. The number of carbonyl (C=O) groups excluding carboxylic acids is 3. The fourth-order valence-corrected chi connectivity index (χ4v) is 5.38. The van der Waals surface area contributed by atoms with E-state index < -0.39 is 59.4 Å². The number of aliphatic imine (C=N–C) groups is 1.